The molecule has 0 atom stereocenters. The van der Waals surface area contributed by atoms with E-state index < -0.39 is 5.91 Å². The normalized spacial score (nSPS) is 9.64. The van der Waals surface area contributed by atoms with E-state index in [-0.39, 0.29) is 22.8 Å². The van der Waals surface area contributed by atoms with E-state index in [0.29, 0.717) is 17.1 Å². The van der Waals surface area contributed by atoms with Crippen LogP contribution in [0.1, 0.15) is 27.6 Å². The molecule has 0 aliphatic rings. The third-order valence-electron chi connectivity index (χ3n) is 3.58. The van der Waals surface area contributed by atoms with E-state index in [9.17, 15) is 9.59 Å². The Morgan fingerprint density at radius 1 is 0.964 bits per heavy atom. The van der Waals surface area contributed by atoms with E-state index >= 15 is 0 Å². The SMILES string of the molecule is CC(=O)c1cccc(Oc2ccncc2)c1.CNC(=O)c1cc(O)ccc1O. The maximum absolute atomic E-state index is 11.2. The maximum Gasteiger partial charge on any atom is 0.254 e. The number of pyridine rings is 1. The Labute approximate surface area is 162 Å². The number of carbonyl (C=O) groups excluding carboxylic acids is 2. The van der Waals surface area contributed by atoms with Crippen LogP contribution in [0.25, 0.3) is 0 Å². The second-order valence-corrected chi connectivity index (χ2v) is 5.65. The summed E-state index contributed by atoms with van der Waals surface area (Å²) in [6.45, 7) is 1.53. The Hall–Kier alpha value is -3.87. The molecule has 0 unspecified atom stereocenters. The van der Waals surface area contributed by atoms with Gasteiger partial charge in [-0.3, -0.25) is 14.6 Å². The monoisotopic (exact) mass is 380 g/mol. The minimum atomic E-state index is -0.427. The zero-order valence-electron chi connectivity index (χ0n) is 15.4. The van der Waals surface area contributed by atoms with Gasteiger partial charge in [-0.15, -0.1) is 0 Å². The number of phenols is 2. The molecule has 0 aliphatic heterocycles. The summed E-state index contributed by atoms with van der Waals surface area (Å²) in [4.78, 5) is 26.1. The summed E-state index contributed by atoms with van der Waals surface area (Å²) < 4.78 is 5.58. The molecule has 0 saturated heterocycles. The van der Waals surface area contributed by atoms with Crippen molar-refractivity contribution in [1.29, 1.82) is 0 Å². The van der Waals surface area contributed by atoms with Gasteiger partial charge in [0.25, 0.3) is 5.91 Å². The van der Waals surface area contributed by atoms with Gasteiger partial charge >= 0.3 is 0 Å². The van der Waals surface area contributed by atoms with Crippen molar-refractivity contribution in [3.63, 3.8) is 0 Å². The van der Waals surface area contributed by atoms with Gasteiger partial charge in [0.05, 0.1) is 5.56 Å². The van der Waals surface area contributed by atoms with Crippen molar-refractivity contribution < 1.29 is 24.5 Å². The first-order valence-electron chi connectivity index (χ1n) is 8.33. The molecule has 144 valence electrons. The van der Waals surface area contributed by atoms with E-state index in [1.165, 1.54) is 32.2 Å². The predicted molar refractivity (Wildman–Crippen MR) is 104 cm³/mol. The van der Waals surface area contributed by atoms with Crippen molar-refractivity contribution in [2.24, 2.45) is 0 Å². The molecule has 3 N–H and O–H groups in total. The highest BCUT2D eigenvalue weighted by Crippen LogP contribution is 2.22. The fraction of sp³-hybridized carbons (Fsp3) is 0.0952. The molecule has 1 heterocycles. The average molecular weight is 380 g/mol. The second kappa shape index (κ2) is 9.72. The fourth-order valence-corrected chi connectivity index (χ4v) is 2.16. The summed E-state index contributed by atoms with van der Waals surface area (Å²) in [5.74, 6) is 0.761. The van der Waals surface area contributed by atoms with E-state index in [0.717, 1.165) is 0 Å². The average Bonchev–Trinajstić information content (AvgIpc) is 2.70. The molecule has 28 heavy (non-hydrogen) atoms. The Kier molecular flexibility index (Phi) is 7.10. The van der Waals surface area contributed by atoms with Gasteiger partial charge in [0, 0.05) is 25.0 Å². The number of aromatic nitrogens is 1. The summed E-state index contributed by atoms with van der Waals surface area (Å²) in [7, 11) is 1.45. The number of hydrogen-bond acceptors (Lipinski definition) is 6. The number of phenolic OH excluding ortho intramolecular Hbond substituents is 2. The summed E-state index contributed by atoms with van der Waals surface area (Å²) in [5, 5.41) is 20.5. The Morgan fingerprint density at radius 3 is 2.32 bits per heavy atom. The van der Waals surface area contributed by atoms with Crippen molar-refractivity contribution in [2.75, 3.05) is 7.05 Å². The lowest BCUT2D eigenvalue weighted by Crippen LogP contribution is -2.17. The van der Waals surface area contributed by atoms with Crippen LogP contribution < -0.4 is 10.1 Å². The number of Topliss-reactive ketones (excluding diaryl/α,β-unsaturated/α-hetero) is 1. The van der Waals surface area contributed by atoms with Crippen LogP contribution in [0.5, 0.6) is 23.0 Å². The number of nitrogens with zero attached hydrogens (tertiary/aromatic N) is 1. The van der Waals surface area contributed by atoms with Gasteiger partial charge in [-0.1, -0.05) is 12.1 Å². The van der Waals surface area contributed by atoms with E-state index in [1.807, 2.05) is 6.07 Å². The lowest BCUT2D eigenvalue weighted by Gasteiger charge is -2.05. The van der Waals surface area contributed by atoms with Gasteiger partial charge in [-0.05, 0) is 49.4 Å². The minimum Gasteiger partial charge on any atom is -0.508 e. The second-order valence-electron chi connectivity index (χ2n) is 5.65. The molecule has 7 heteroatoms. The van der Waals surface area contributed by atoms with Gasteiger partial charge in [-0.2, -0.15) is 0 Å². The van der Waals surface area contributed by atoms with Gasteiger partial charge in [0.15, 0.2) is 5.78 Å². The first-order valence-corrected chi connectivity index (χ1v) is 8.33. The first kappa shape index (κ1) is 20.4. The molecule has 1 amide bonds. The van der Waals surface area contributed by atoms with Crippen LogP contribution in [0.3, 0.4) is 0 Å². The van der Waals surface area contributed by atoms with Crippen molar-refractivity contribution in [1.82, 2.24) is 10.3 Å². The van der Waals surface area contributed by atoms with Gasteiger partial charge in [0.2, 0.25) is 0 Å². The van der Waals surface area contributed by atoms with Crippen LogP contribution in [0.15, 0.2) is 67.0 Å². The smallest absolute Gasteiger partial charge is 0.254 e. The summed E-state index contributed by atoms with van der Waals surface area (Å²) in [5.41, 5.74) is 0.712. The number of amides is 1. The van der Waals surface area contributed by atoms with E-state index in [2.05, 4.69) is 10.3 Å². The van der Waals surface area contributed by atoms with E-state index in [4.69, 9.17) is 14.9 Å². The highest BCUT2D eigenvalue weighted by molar-refractivity contribution is 5.97. The molecular formula is C21H20N2O5. The maximum atomic E-state index is 11.2. The molecule has 0 spiro atoms. The van der Waals surface area contributed by atoms with Crippen LogP contribution in [0, 0.1) is 0 Å². The third-order valence-corrected chi connectivity index (χ3v) is 3.58. The number of aromatic hydroxyl groups is 2. The largest absolute Gasteiger partial charge is 0.508 e. The Balaban J connectivity index is 0.000000209. The van der Waals surface area contributed by atoms with Crippen molar-refractivity contribution >= 4 is 11.7 Å². The highest BCUT2D eigenvalue weighted by Gasteiger charge is 2.09. The molecule has 0 saturated carbocycles. The molecule has 2 aromatic carbocycles. The highest BCUT2D eigenvalue weighted by atomic mass is 16.5. The standard InChI is InChI=1S/C13H11NO2.C8H9NO3/c1-10(15)11-3-2-4-13(9-11)16-12-5-7-14-8-6-12;1-9-8(12)6-4-5(10)2-3-7(6)11/h2-9H,1H3;2-4,10-11H,1H3,(H,9,12). The van der Waals surface area contributed by atoms with E-state index in [1.54, 1.807) is 42.7 Å². The summed E-state index contributed by atoms with van der Waals surface area (Å²) in [6, 6.07) is 14.4. The molecule has 0 bridgehead atoms. The molecule has 0 fully saturated rings. The van der Waals surface area contributed by atoms with Crippen LogP contribution in [-0.4, -0.2) is 33.9 Å². The Morgan fingerprint density at radius 2 is 1.68 bits per heavy atom. The predicted octanol–water partition coefficient (Wildman–Crippen LogP) is 3.53. The summed E-state index contributed by atoms with van der Waals surface area (Å²) >= 11 is 0. The third kappa shape index (κ3) is 5.84. The van der Waals surface area contributed by atoms with Gasteiger partial charge in [-0.25, -0.2) is 0 Å². The van der Waals surface area contributed by atoms with Crippen LogP contribution in [0.2, 0.25) is 0 Å². The quantitative estimate of drug-likeness (QED) is 0.472. The van der Waals surface area contributed by atoms with Gasteiger partial charge in [0.1, 0.15) is 23.0 Å². The molecule has 3 rings (SSSR count). The number of rotatable bonds is 4. The minimum absolute atomic E-state index is 0.0279. The first-order chi connectivity index (χ1) is 13.4. The van der Waals surface area contributed by atoms with Crippen molar-refractivity contribution in [3.8, 4) is 23.0 Å². The van der Waals surface area contributed by atoms with Crippen LogP contribution in [-0.2, 0) is 0 Å². The van der Waals surface area contributed by atoms with Crippen LogP contribution in [0.4, 0.5) is 0 Å². The number of hydrogen-bond donors (Lipinski definition) is 3. The van der Waals surface area contributed by atoms with Gasteiger partial charge < -0.3 is 20.3 Å². The lowest BCUT2D eigenvalue weighted by atomic mass is 10.1. The van der Waals surface area contributed by atoms with Crippen LogP contribution >= 0.6 is 0 Å². The molecule has 7 nitrogen and oxygen atoms in total. The molecule has 3 aromatic rings. The number of ketones is 1. The number of carbonyl (C=O) groups is 2. The lowest BCUT2D eigenvalue weighted by molar-refractivity contribution is 0.0958. The number of nitrogens with one attached hydrogen (secondary N) is 1. The molecule has 1 aromatic heterocycles. The topological polar surface area (TPSA) is 109 Å². The fourth-order valence-electron chi connectivity index (χ4n) is 2.16. The molecule has 0 radical (unpaired) electrons. The zero-order chi connectivity index (χ0) is 20.5. The van der Waals surface area contributed by atoms with Crippen molar-refractivity contribution in [3.05, 3.63) is 78.1 Å². The zero-order valence-corrected chi connectivity index (χ0v) is 15.4. The summed E-state index contributed by atoms with van der Waals surface area (Å²) in [6.07, 6.45) is 3.31. The van der Waals surface area contributed by atoms with Crippen molar-refractivity contribution in [2.45, 2.75) is 6.92 Å². The molecular weight excluding hydrogens is 360 g/mol. The Bertz CT molecular complexity index is 958. The molecule has 0 aliphatic carbocycles. The number of ether oxygens (including phenoxy) is 1. The number of benzene rings is 2.